The van der Waals surface area contributed by atoms with Gasteiger partial charge in [0.05, 0.1) is 17.6 Å². The van der Waals surface area contributed by atoms with E-state index in [0.717, 1.165) is 6.07 Å². The molecular formula is C17H15ClN2O6. The maximum absolute atomic E-state index is 12.1. The summed E-state index contributed by atoms with van der Waals surface area (Å²) >= 11 is 5.70. The van der Waals surface area contributed by atoms with Crippen LogP contribution in [0.2, 0.25) is 5.02 Å². The fourth-order valence-corrected chi connectivity index (χ4v) is 2.17. The van der Waals surface area contributed by atoms with E-state index in [0.29, 0.717) is 11.4 Å². The van der Waals surface area contributed by atoms with Gasteiger partial charge in [-0.25, -0.2) is 4.79 Å². The minimum Gasteiger partial charge on any atom is -0.497 e. The number of hydrogen-bond donors (Lipinski definition) is 1. The second-order valence-corrected chi connectivity index (χ2v) is 5.60. The molecule has 0 radical (unpaired) electrons. The summed E-state index contributed by atoms with van der Waals surface area (Å²) in [4.78, 5) is 34.4. The fourth-order valence-electron chi connectivity index (χ4n) is 1.98. The predicted molar refractivity (Wildman–Crippen MR) is 94.6 cm³/mol. The highest BCUT2D eigenvalue weighted by Crippen LogP contribution is 2.25. The first-order valence-corrected chi connectivity index (χ1v) is 7.79. The molecule has 1 amide bonds. The van der Waals surface area contributed by atoms with Gasteiger partial charge in [-0.3, -0.25) is 14.9 Å². The molecule has 136 valence electrons. The number of amides is 1. The minimum absolute atomic E-state index is 0.0785. The summed E-state index contributed by atoms with van der Waals surface area (Å²) < 4.78 is 10.1. The Labute approximate surface area is 153 Å². The van der Waals surface area contributed by atoms with Gasteiger partial charge in [0.15, 0.2) is 6.10 Å². The predicted octanol–water partition coefficient (Wildman–Crippen LogP) is 3.44. The molecule has 1 atom stereocenters. The van der Waals surface area contributed by atoms with Gasteiger partial charge in [0, 0.05) is 11.8 Å². The summed E-state index contributed by atoms with van der Waals surface area (Å²) in [6.07, 6.45) is -1.11. The second-order valence-electron chi connectivity index (χ2n) is 5.19. The number of nitrogens with zero attached hydrogens (tertiary/aromatic N) is 1. The van der Waals surface area contributed by atoms with Gasteiger partial charge in [0.25, 0.3) is 11.6 Å². The summed E-state index contributed by atoms with van der Waals surface area (Å²) in [6.45, 7) is 1.39. The van der Waals surface area contributed by atoms with Crippen molar-refractivity contribution in [3.8, 4) is 5.75 Å². The Hall–Kier alpha value is -3.13. The molecule has 1 N–H and O–H groups in total. The van der Waals surface area contributed by atoms with E-state index in [-0.39, 0.29) is 10.6 Å². The number of methoxy groups -OCH3 is 1. The maximum atomic E-state index is 12.1. The molecule has 0 fully saturated rings. The van der Waals surface area contributed by atoms with Crippen LogP contribution in [0, 0.1) is 10.1 Å². The number of nitro benzene ring substituents is 1. The van der Waals surface area contributed by atoms with Crippen LogP contribution in [0.25, 0.3) is 0 Å². The lowest BCUT2D eigenvalue weighted by Gasteiger charge is -2.14. The van der Waals surface area contributed by atoms with Crippen molar-refractivity contribution in [3.63, 3.8) is 0 Å². The van der Waals surface area contributed by atoms with Gasteiger partial charge in [-0.15, -0.1) is 0 Å². The zero-order chi connectivity index (χ0) is 19.3. The van der Waals surface area contributed by atoms with Crippen molar-refractivity contribution >= 4 is 34.9 Å². The number of hydrogen-bond acceptors (Lipinski definition) is 6. The van der Waals surface area contributed by atoms with Crippen molar-refractivity contribution in [2.75, 3.05) is 12.4 Å². The Morgan fingerprint density at radius 2 is 1.85 bits per heavy atom. The Balaban J connectivity index is 2.02. The van der Waals surface area contributed by atoms with E-state index in [2.05, 4.69) is 5.32 Å². The van der Waals surface area contributed by atoms with E-state index >= 15 is 0 Å². The Morgan fingerprint density at radius 1 is 1.19 bits per heavy atom. The van der Waals surface area contributed by atoms with Crippen molar-refractivity contribution in [2.24, 2.45) is 0 Å². The van der Waals surface area contributed by atoms with Gasteiger partial charge in [0.1, 0.15) is 10.8 Å². The van der Waals surface area contributed by atoms with Crippen LogP contribution in [0.5, 0.6) is 5.75 Å². The van der Waals surface area contributed by atoms with Crippen LogP contribution in [0.3, 0.4) is 0 Å². The molecule has 0 aliphatic carbocycles. The molecule has 0 aliphatic heterocycles. The minimum atomic E-state index is -1.11. The van der Waals surface area contributed by atoms with Crippen LogP contribution >= 0.6 is 11.6 Å². The third-order valence-electron chi connectivity index (χ3n) is 3.39. The van der Waals surface area contributed by atoms with E-state index in [4.69, 9.17) is 21.1 Å². The highest BCUT2D eigenvalue weighted by Gasteiger charge is 2.22. The maximum Gasteiger partial charge on any atom is 0.339 e. The van der Waals surface area contributed by atoms with Gasteiger partial charge in [0.2, 0.25) is 0 Å². The van der Waals surface area contributed by atoms with E-state index in [9.17, 15) is 19.7 Å². The molecule has 0 saturated heterocycles. The number of rotatable bonds is 6. The van der Waals surface area contributed by atoms with Crippen LogP contribution in [-0.4, -0.2) is 30.0 Å². The SMILES string of the molecule is COc1ccc(NC(=O)C(C)OC(=O)c2ccc(Cl)c([N+](=O)[O-])c2)cc1. The number of carbonyl (C=O) groups is 2. The average molecular weight is 379 g/mol. The lowest BCUT2D eigenvalue weighted by Crippen LogP contribution is -2.30. The first-order valence-electron chi connectivity index (χ1n) is 7.41. The molecule has 0 saturated carbocycles. The monoisotopic (exact) mass is 378 g/mol. The van der Waals surface area contributed by atoms with Gasteiger partial charge in [-0.1, -0.05) is 11.6 Å². The normalized spacial score (nSPS) is 11.3. The zero-order valence-electron chi connectivity index (χ0n) is 13.9. The Kier molecular flexibility index (Phi) is 6.13. The molecule has 0 bridgehead atoms. The number of esters is 1. The Bertz CT molecular complexity index is 838. The second kappa shape index (κ2) is 8.30. The third-order valence-corrected chi connectivity index (χ3v) is 3.71. The highest BCUT2D eigenvalue weighted by molar-refractivity contribution is 6.32. The fraction of sp³-hybridized carbons (Fsp3) is 0.176. The van der Waals surface area contributed by atoms with Crippen LogP contribution < -0.4 is 10.1 Å². The molecular weight excluding hydrogens is 364 g/mol. The molecule has 0 spiro atoms. The molecule has 9 heteroatoms. The van der Waals surface area contributed by atoms with Crippen molar-refractivity contribution in [1.29, 1.82) is 0 Å². The van der Waals surface area contributed by atoms with E-state index < -0.39 is 28.6 Å². The average Bonchev–Trinajstić information content (AvgIpc) is 2.62. The van der Waals surface area contributed by atoms with Crippen molar-refractivity contribution in [3.05, 3.63) is 63.2 Å². The summed E-state index contributed by atoms with van der Waals surface area (Å²) in [5, 5.41) is 13.4. The lowest BCUT2D eigenvalue weighted by molar-refractivity contribution is -0.384. The highest BCUT2D eigenvalue weighted by atomic mass is 35.5. The quantitative estimate of drug-likeness (QED) is 0.468. The number of carbonyl (C=O) groups excluding carboxylic acids is 2. The number of benzene rings is 2. The standard InChI is InChI=1S/C17H15ClN2O6/c1-10(16(21)19-12-4-6-13(25-2)7-5-12)26-17(22)11-3-8-14(18)15(9-11)20(23)24/h3-10H,1-2H3,(H,19,21). The van der Waals surface area contributed by atoms with Crippen LogP contribution in [0.4, 0.5) is 11.4 Å². The van der Waals surface area contributed by atoms with Gasteiger partial charge >= 0.3 is 5.97 Å². The number of nitrogens with one attached hydrogen (secondary N) is 1. The molecule has 2 rings (SSSR count). The topological polar surface area (TPSA) is 108 Å². The molecule has 0 aromatic heterocycles. The van der Waals surface area contributed by atoms with Crippen LogP contribution in [0.1, 0.15) is 17.3 Å². The molecule has 0 aliphatic rings. The van der Waals surface area contributed by atoms with E-state index in [1.165, 1.54) is 26.2 Å². The lowest BCUT2D eigenvalue weighted by atomic mass is 10.2. The number of nitro groups is 1. The van der Waals surface area contributed by atoms with Gasteiger partial charge in [-0.2, -0.15) is 0 Å². The smallest absolute Gasteiger partial charge is 0.339 e. The summed E-state index contributed by atoms with van der Waals surface area (Å²) in [7, 11) is 1.52. The molecule has 26 heavy (non-hydrogen) atoms. The first kappa shape index (κ1) is 19.2. The Morgan fingerprint density at radius 3 is 2.42 bits per heavy atom. The molecule has 2 aromatic carbocycles. The van der Waals surface area contributed by atoms with Crippen molar-refractivity contribution in [1.82, 2.24) is 0 Å². The summed E-state index contributed by atoms with van der Waals surface area (Å²) in [6, 6.07) is 10.1. The zero-order valence-corrected chi connectivity index (χ0v) is 14.6. The van der Waals surface area contributed by atoms with E-state index in [1.54, 1.807) is 24.3 Å². The van der Waals surface area contributed by atoms with Crippen molar-refractivity contribution in [2.45, 2.75) is 13.0 Å². The van der Waals surface area contributed by atoms with Gasteiger partial charge in [-0.05, 0) is 43.3 Å². The molecule has 2 aromatic rings. The molecule has 8 nitrogen and oxygen atoms in total. The first-order chi connectivity index (χ1) is 12.3. The molecule has 1 unspecified atom stereocenters. The van der Waals surface area contributed by atoms with Crippen molar-refractivity contribution < 1.29 is 24.0 Å². The largest absolute Gasteiger partial charge is 0.497 e. The summed E-state index contributed by atoms with van der Waals surface area (Å²) in [5.41, 5.74) is 0.00230. The van der Waals surface area contributed by atoms with Crippen LogP contribution in [-0.2, 0) is 9.53 Å². The van der Waals surface area contributed by atoms with E-state index in [1.807, 2.05) is 0 Å². The molecule has 0 heterocycles. The number of anilines is 1. The van der Waals surface area contributed by atoms with Gasteiger partial charge < -0.3 is 14.8 Å². The van der Waals surface area contributed by atoms with Crippen LogP contribution in [0.15, 0.2) is 42.5 Å². The third kappa shape index (κ3) is 4.70. The number of ether oxygens (including phenoxy) is 2. The number of halogens is 1. The summed E-state index contributed by atoms with van der Waals surface area (Å²) in [5.74, 6) is -0.791.